The maximum atomic E-state index is 12.3. The number of hydrogen-bond acceptors (Lipinski definition) is 2. The molecule has 0 aliphatic rings. The zero-order valence-electron chi connectivity index (χ0n) is 13.2. The van der Waals surface area contributed by atoms with Crippen molar-refractivity contribution in [1.82, 2.24) is 0 Å². The van der Waals surface area contributed by atoms with Crippen LogP contribution in [0.25, 0.3) is 0 Å². The van der Waals surface area contributed by atoms with Gasteiger partial charge in [0.05, 0.1) is 7.11 Å². The first-order valence-electron chi connectivity index (χ1n) is 7.45. The summed E-state index contributed by atoms with van der Waals surface area (Å²) < 4.78 is 5.10. The number of carbonyl (C=O) groups excluding carboxylic acids is 1. The Morgan fingerprint density at radius 1 is 1.05 bits per heavy atom. The zero-order valence-corrected chi connectivity index (χ0v) is 13.2. The lowest BCUT2D eigenvalue weighted by molar-refractivity contribution is -0.709. The summed E-state index contributed by atoms with van der Waals surface area (Å²) in [5, 5.41) is 4.99. The van der Waals surface area contributed by atoms with Gasteiger partial charge < -0.3 is 15.4 Å². The molecule has 4 nitrogen and oxygen atoms in total. The molecule has 0 saturated heterocycles. The van der Waals surface area contributed by atoms with E-state index in [9.17, 15) is 4.79 Å². The van der Waals surface area contributed by atoms with E-state index in [2.05, 4.69) is 29.7 Å². The molecule has 0 aliphatic carbocycles. The second kappa shape index (κ2) is 7.61. The van der Waals surface area contributed by atoms with Crippen molar-refractivity contribution in [3.63, 3.8) is 0 Å². The number of carbonyl (C=O) groups is 1. The molecular formula is C18H23N2O2+. The fourth-order valence-electron chi connectivity index (χ4n) is 2.32. The lowest BCUT2D eigenvalue weighted by atomic mass is 10.1. The normalized spacial score (nSPS) is 13.2. The monoisotopic (exact) mass is 299 g/mol. The molecule has 3 N–H and O–H groups in total. The summed E-state index contributed by atoms with van der Waals surface area (Å²) >= 11 is 0. The van der Waals surface area contributed by atoms with Crippen LogP contribution in [-0.2, 0) is 4.79 Å². The first kappa shape index (κ1) is 16.0. The van der Waals surface area contributed by atoms with Gasteiger partial charge >= 0.3 is 0 Å². The summed E-state index contributed by atoms with van der Waals surface area (Å²) in [6, 6.07) is 17.6. The van der Waals surface area contributed by atoms with Crippen LogP contribution < -0.4 is 15.4 Å². The third kappa shape index (κ3) is 4.33. The van der Waals surface area contributed by atoms with E-state index in [1.807, 2.05) is 49.4 Å². The molecule has 2 atom stereocenters. The predicted molar refractivity (Wildman–Crippen MR) is 87.9 cm³/mol. The minimum atomic E-state index is -0.169. The SMILES string of the molecule is COc1ccc(NC(=O)[C@H](C)[NH2+][C@@H](C)c2ccccc2)cc1. The summed E-state index contributed by atoms with van der Waals surface area (Å²) in [5.41, 5.74) is 1.99. The molecule has 116 valence electrons. The average Bonchev–Trinajstić information content (AvgIpc) is 2.56. The Kier molecular flexibility index (Phi) is 5.55. The zero-order chi connectivity index (χ0) is 15.9. The van der Waals surface area contributed by atoms with Crippen molar-refractivity contribution in [2.45, 2.75) is 25.9 Å². The van der Waals surface area contributed by atoms with Crippen LogP contribution in [0.1, 0.15) is 25.5 Å². The summed E-state index contributed by atoms with van der Waals surface area (Å²) in [6.45, 7) is 4.02. The summed E-state index contributed by atoms with van der Waals surface area (Å²) in [4.78, 5) is 12.3. The molecule has 0 radical (unpaired) electrons. The Labute approximate surface area is 131 Å². The number of nitrogens with one attached hydrogen (secondary N) is 1. The smallest absolute Gasteiger partial charge is 0.282 e. The molecule has 22 heavy (non-hydrogen) atoms. The van der Waals surface area contributed by atoms with Crippen LogP contribution in [0.4, 0.5) is 5.69 Å². The largest absolute Gasteiger partial charge is 0.497 e. The van der Waals surface area contributed by atoms with Crippen LogP contribution in [0, 0.1) is 0 Å². The molecule has 0 spiro atoms. The van der Waals surface area contributed by atoms with Crippen LogP contribution in [0.5, 0.6) is 5.75 Å². The van der Waals surface area contributed by atoms with Gasteiger partial charge in [-0.1, -0.05) is 30.3 Å². The number of methoxy groups -OCH3 is 1. The van der Waals surface area contributed by atoms with Gasteiger partial charge in [-0.05, 0) is 38.1 Å². The second-order valence-corrected chi connectivity index (χ2v) is 5.40. The fourth-order valence-corrected chi connectivity index (χ4v) is 2.32. The molecule has 0 bridgehead atoms. The lowest BCUT2D eigenvalue weighted by Gasteiger charge is -2.17. The predicted octanol–water partition coefficient (Wildman–Crippen LogP) is 2.35. The molecule has 0 heterocycles. The first-order chi connectivity index (χ1) is 10.6. The maximum absolute atomic E-state index is 12.3. The quantitative estimate of drug-likeness (QED) is 0.860. The summed E-state index contributed by atoms with van der Waals surface area (Å²) in [6.07, 6.45) is 0. The van der Waals surface area contributed by atoms with E-state index in [-0.39, 0.29) is 18.0 Å². The molecule has 2 aromatic rings. The van der Waals surface area contributed by atoms with E-state index in [0.717, 1.165) is 11.4 Å². The van der Waals surface area contributed by atoms with Gasteiger partial charge in [-0.25, -0.2) is 0 Å². The molecule has 2 rings (SSSR count). The average molecular weight is 299 g/mol. The van der Waals surface area contributed by atoms with Crippen molar-refractivity contribution in [2.24, 2.45) is 0 Å². The standard InChI is InChI=1S/C18H22N2O2/c1-13(15-7-5-4-6-8-15)19-14(2)18(21)20-16-9-11-17(22-3)12-10-16/h4-14,19H,1-3H3,(H,20,21)/p+1/t13-,14-/m0/s1. The van der Waals surface area contributed by atoms with Gasteiger partial charge in [-0.2, -0.15) is 0 Å². The van der Waals surface area contributed by atoms with Gasteiger partial charge in [-0.3, -0.25) is 4.79 Å². The maximum Gasteiger partial charge on any atom is 0.282 e. The Morgan fingerprint density at radius 3 is 2.27 bits per heavy atom. The van der Waals surface area contributed by atoms with Crippen LogP contribution in [0.15, 0.2) is 54.6 Å². The van der Waals surface area contributed by atoms with Crippen LogP contribution in [0.3, 0.4) is 0 Å². The number of ether oxygens (including phenoxy) is 1. The number of rotatable bonds is 6. The third-order valence-electron chi connectivity index (χ3n) is 3.67. The third-order valence-corrected chi connectivity index (χ3v) is 3.67. The molecule has 0 unspecified atom stereocenters. The number of benzene rings is 2. The number of anilines is 1. The van der Waals surface area contributed by atoms with Gasteiger partial charge in [0.15, 0.2) is 6.04 Å². The molecule has 0 saturated carbocycles. The number of amides is 1. The van der Waals surface area contributed by atoms with E-state index < -0.39 is 0 Å². The van der Waals surface area contributed by atoms with E-state index in [4.69, 9.17) is 4.74 Å². The summed E-state index contributed by atoms with van der Waals surface area (Å²) in [5.74, 6) is 0.767. The van der Waals surface area contributed by atoms with Gasteiger partial charge in [0.1, 0.15) is 11.8 Å². The van der Waals surface area contributed by atoms with Crippen molar-refractivity contribution >= 4 is 11.6 Å². The highest BCUT2D eigenvalue weighted by molar-refractivity contribution is 5.93. The molecular weight excluding hydrogens is 276 g/mol. The fraction of sp³-hybridized carbons (Fsp3) is 0.278. The second-order valence-electron chi connectivity index (χ2n) is 5.40. The number of nitrogens with two attached hydrogens (primary N) is 1. The van der Waals surface area contributed by atoms with E-state index in [1.165, 1.54) is 5.56 Å². The van der Waals surface area contributed by atoms with Crippen molar-refractivity contribution in [1.29, 1.82) is 0 Å². The molecule has 0 aliphatic heterocycles. The topological polar surface area (TPSA) is 54.9 Å². The van der Waals surface area contributed by atoms with E-state index in [1.54, 1.807) is 7.11 Å². The Bertz CT molecular complexity index is 596. The molecule has 0 fully saturated rings. The number of quaternary nitrogens is 1. The van der Waals surface area contributed by atoms with E-state index in [0.29, 0.717) is 0 Å². The summed E-state index contributed by atoms with van der Waals surface area (Å²) in [7, 11) is 1.62. The minimum absolute atomic E-state index is 0.00653. The molecule has 1 amide bonds. The van der Waals surface area contributed by atoms with Gasteiger partial charge in [0, 0.05) is 11.3 Å². The molecule has 0 aromatic heterocycles. The highest BCUT2D eigenvalue weighted by atomic mass is 16.5. The molecule has 4 heteroatoms. The highest BCUT2D eigenvalue weighted by Gasteiger charge is 2.20. The minimum Gasteiger partial charge on any atom is -0.497 e. The number of hydrogen-bond donors (Lipinski definition) is 2. The van der Waals surface area contributed by atoms with Crippen molar-refractivity contribution < 1.29 is 14.8 Å². The Balaban J connectivity index is 1.91. The van der Waals surface area contributed by atoms with Crippen molar-refractivity contribution in [2.75, 3.05) is 12.4 Å². The molecule has 2 aromatic carbocycles. The van der Waals surface area contributed by atoms with Gasteiger partial charge in [0.25, 0.3) is 5.91 Å². The van der Waals surface area contributed by atoms with Crippen LogP contribution >= 0.6 is 0 Å². The van der Waals surface area contributed by atoms with Crippen molar-refractivity contribution in [3.8, 4) is 5.75 Å². The van der Waals surface area contributed by atoms with Gasteiger partial charge in [0.2, 0.25) is 0 Å². The van der Waals surface area contributed by atoms with Crippen molar-refractivity contribution in [3.05, 3.63) is 60.2 Å². The Hall–Kier alpha value is -2.33. The van der Waals surface area contributed by atoms with Crippen LogP contribution in [0.2, 0.25) is 0 Å². The highest BCUT2D eigenvalue weighted by Crippen LogP contribution is 2.15. The van der Waals surface area contributed by atoms with E-state index >= 15 is 0 Å². The Morgan fingerprint density at radius 2 is 1.68 bits per heavy atom. The lowest BCUT2D eigenvalue weighted by Crippen LogP contribution is -2.91. The van der Waals surface area contributed by atoms with Gasteiger partial charge in [-0.15, -0.1) is 0 Å². The van der Waals surface area contributed by atoms with Crippen LogP contribution in [-0.4, -0.2) is 19.1 Å². The first-order valence-corrected chi connectivity index (χ1v) is 7.45.